The molecule has 0 saturated heterocycles. The van der Waals surface area contributed by atoms with Crippen molar-refractivity contribution >= 4 is 10.9 Å². The summed E-state index contributed by atoms with van der Waals surface area (Å²) in [4.78, 5) is 0. The van der Waals surface area contributed by atoms with Crippen molar-refractivity contribution in [3.05, 3.63) is 73.3 Å². The Morgan fingerprint density at radius 3 is 2.57 bits per heavy atom. The summed E-state index contributed by atoms with van der Waals surface area (Å²) in [6.07, 6.45) is 1.89. The van der Waals surface area contributed by atoms with Crippen LogP contribution >= 0.6 is 0 Å². The van der Waals surface area contributed by atoms with E-state index in [0.717, 1.165) is 19.6 Å². The van der Waals surface area contributed by atoms with E-state index in [1.54, 1.807) is 0 Å². The molecule has 0 amide bonds. The van der Waals surface area contributed by atoms with Crippen LogP contribution in [0.4, 0.5) is 0 Å². The second-order valence-electron chi connectivity index (χ2n) is 5.10. The van der Waals surface area contributed by atoms with Crippen LogP contribution in [-0.4, -0.2) is 17.7 Å². The molecule has 3 rings (SSSR count). The van der Waals surface area contributed by atoms with Gasteiger partial charge in [0, 0.05) is 36.2 Å². The molecule has 0 fully saturated rings. The second-order valence-corrected chi connectivity index (χ2v) is 5.10. The van der Waals surface area contributed by atoms with E-state index >= 15 is 0 Å². The predicted octanol–water partition coefficient (Wildman–Crippen LogP) is 4.08. The summed E-state index contributed by atoms with van der Waals surface area (Å²) in [5.74, 6) is 0. The van der Waals surface area contributed by atoms with Gasteiger partial charge in [0.1, 0.15) is 0 Å². The van der Waals surface area contributed by atoms with Crippen LogP contribution in [0.2, 0.25) is 0 Å². The Bertz CT molecular complexity index is 726. The van der Waals surface area contributed by atoms with E-state index in [2.05, 4.69) is 77.1 Å². The summed E-state index contributed by atoms with van der Waals surface area (Å²) in [5, 5.41) is 4.67. The van der Waals surface area contributed by atoms with Gasteiger partial charge in [-0.15, -0.1) is 6.58 Å². The van der Waals surface area contributed by atoms with Crippen molar-refractivity contribution in [2.75, 3.05) is 13.1 Å². The molecule has 0 aliphatic heterocycles. The first-order chi connectivity index (χ1) is 10.4. The van der Waals surface area contributed by atoms with Gasteiger partial charge in [0.05, 0.1) is 0 Å². The van der Waals surface area contributed by atoms with Crippen LogP contribution < -0.4 is 5.32 Å². The van der Waals surface area contributed by atoms with E-state index in [1.165, 1.54) is 22.2 Å². The van der Waals surface area contributed by atoms with Crippen molar-refractivity contribution in [2.45, 2.75) is 6.54 Å². The van der Waals surface area contributed by atoms with Crippen LogP contribution in [0.25, 0.3) is 22.2 Å². The average Bonchev–Trinajstić information content (AvgIpc) is 2.91. The molecule has 2 heteroatoms. The number of nitrogens with zero attached hydrogens (tertiary/aromatic N) is 1. The largest absolute Gasteiger partial charge is 0.339 e. The lowest BCUT2D eigenvalue weighted by Gasteiger charge is -2.11. The summed E-state index contributed by atoms with van der Waals surface area (Å²) < 4.78 is 2.39. The lowest BCUT2D eigenvalue weighted by molar-refractivity contribution is 0.644. The Hall–Kier alpha value is -2.32. The molecule has 0 atom stereocenters. The van der Waals surface area contributed by atoms with Crippen molar-refractivity contribution in [2.24, 2.45) is 0 Å². The number of fused-ring (bicyclic) bond motifs is 1. The van der Waals surface area contributed by atoms with E-state index in [4.69, 9.17) is 0 Å². The average molecular weight is 276 g/mol. The van der Waals surface area contributed by atoms with Gasteiger partial charge in [0.2, 0.25) is 0 Å². The highest BCUT2D eigenvalue weighted by Gasteiger charge is 2.09. The first kappa shape index (κ1) is 13.7. The zero-order valence-electron chi connectivity index (χ0n) is 12.1. The fourth-order valence-corrected chi connectivity index (χ4v) is 2.69. The maximum atomic E-state index is 3.74. The van der Waals surface area contributed by atoms with Gasteiger partial charge in [-0.25, -0.2) is 0 Å². The number of aromatic nitrogens is 1. The zero-order valence-corrected chi connectivity index (χ0v) is 12.1. The molecule has 0 aliphatic carbocycles. The fourth-order valence-electron chi connectivity index (χ4n) is 2.69. The third-order valence-electron chi connectivity index (χ3n) is 3.68. The Morgan fingerprint density at radius 2 is 1.76 bits per heavy atom. The minimum Gasteiger partial charge on any atom is -0.339 e. The number of hydrogen-bond acceptors (Lipinski definition) is 1. The Balaban J connectivity index is 2.00. The monoisotopic (exact) mass is 276 g/mol. The lowest BCUT2D eigenvalue weighted by Crippen LogP contribution is -2.20. The molecule has 2 aromatic carbocycles. The standard InChI is InChI=1S/C19H20N2/c1-2-12-20-13-14-21-18-11-7-6-10-17(18)15-19(21)16-8-4-3-5-9-16/h2-11,15,20H,1,12-14H2. The van der Waals surface area contributed by atoms with Gasteiger partial charge < -0.3 is 9.88 Å². The minimum atomic E-state index is 0.847. The molecule has 0 saturated carbocycles. The van der Waals surface area contributed by atoms with Crippen LogP contribution in [0.3, 0.4) is 0 Å². The van der Waals surface area contributed by atoms with Crippen molar-refractivity contribution < 1.29 is 0 Å². The molecular weight excluding hydrogens is 256 g/mol. The van der Waals surface area contributed by atoms with Gasteiger partial charge in [0.25, 0.3) is 0 Å². The molecule has 2 nitrogen and oxygen atoms in total. The van der Waals surface area contributed by atoms with Crippen LogP contribution in [0, 0.1) is 0 Å². The van der Waals surface area contributed by atoms with E-state index in [9.17, 15) is 0 Å². The van der Waals surface area contributed by atoms with Gasteiger partial charge in [-0.1, -0.05) is 54.6 Å². The summed E-state index contributed by atoms with van der Waals surface area (Å²) in [6.45, 7) is 6.47. The highest BCUT2D eigenvalue weighted by atomic mass is 15.0. The molecule has 0 bridgehead atoms. The Kier molecular flexibility index (Phi) is 4.17. The van der Waals surface area contributed by atoms with Crippen molar-refractivity contribution in [1.29, 1.82) is 0 Å². The molecule has 0 spiro atoms. The lowest BCUT2D eigenvalue weighted by atomic mass is 10.1. The molecule has 0 unspecified atom stereocenters. The first-order valence-electron chi connectivity index (χ1n) is 7.35. The number of rotatable bonds is 6. The SMILES string of the molecule is C=CCNCCn1c(-c2ccccc2)cc2ccccc21. The summed E-state index contributed by atoms with van der Waals surface area (Å²) in [6, 6.07) is 21.4. The number of benzene rings is 2. The van der Waals surface area contributed by atoms with Crippen LogP contribution in [0.5, 0.6) is 0 Å². The third kappa shape index (κ3) is 2.91. The molecular formula is C19H20N2. The van der Waals surface area contributed by atoms with Gasteiger partial charge >= 0.3 is 0 Å². The maximum Gasteiger partial charge on any atom is 0.0491 e. The first-order valence-corrected chi connectivity index (χ1v) is 7.35. The highest BCUT2D eigenvalue weighted by Crippen LogP contribution is 2.27. The maximum absolute atomic E-state index is 3.74. The summed E-state index contributed by atoms with van der Waals surface area (Å²) >= 11 is 0. The topological polar surface area (TPSA) is 17.0 Å². The van der Waals surface area contributed by atoms with Crippen LogP contribution in [-0.2, 0) is 6.54 Å². The normalized spacial score (nSPS) is 10.9. The highest BCUT2D eigenvalue weighted by molar-refractivity contribution is 5.87. The van der Waals surface area contributed by atoms with Gasteiger partial charge in [0.15, 0.2) is 0 Å². The van der Waals surface area contributed by atoms with E-state index in [0.29, 0.717) is 0 Å². The quantitative estimate of drug-likeness (QED) is 0.530. The second kappa shape index (κ2) is 6.42. The molecule has 106 valence electrons. The third-order valence-corrected chi connectivity index (χ3v) is 3.68. The van der Waals surface area contributed by atoms with Crippen LogP contribution in [0.1, 0.15) is 0 Å². The molecule has 0 radical (unpaired) electrons. The number of para-hydroxylation sites is 1. The summed E-state index contributed by atoms with van der Waals surface area (Å²) in [7, 11) is 0. The van der Waals surface area contributed by atoms with E-state index in [-0.39, 0.29) is 0 Å². The number of hydrogen-bond donors (Lipinski definition) is 1. The minimum absolute atomic E-state index is 0.847. The summed E-state index contributed by atoms with van der Waals surface area (Å²) in [5.41, 5.74) is 3.83. The molecule has 21 heavy (non-hydrogen) atoms. The molecule has 1 aromatic heterocycles. The number of nitrogens with one attached hydrogen (secondary N) is 1. The van der Waals surface area contributed by atoms with Crippen LogP contribution in [0.15, 0.2) is 73.3 Å². The van der Waals surface area contributed by atoms with Crippen molar-refractivity contribution in [3.8, 4) is 11.3 Å². The van der Waals surface area contributed by atoms with Gasteiger partial charge in [-0.05, 0) is 17.7 Å². The van der Waals surface area contributed by atoms with Gasteiger partial charge in [-0.3, -0.25) is 0 Å². The smallest absolute Gasteiger partial charge is 0.0491 e. The zero-order chi connectivity index (χ0) is 14.5. The molecule has 0 aliphatic rings. The Labute approximate surface area is 125 Å². The fraction of sp³-hybridized carbons (Fsp3) is 0.158. The van der Waals surface area contributed by atoms with E-state index < -0.39 is 0 Å². The van der Waals surface area contributed by atoms with Gasteiger partial charge in [-0.2, -0.15) is 0 Å². The molecule has 1 heterocycles. The molecule has 3 aromatic rings. The Morgan fingerprint density at radius 1 is 1.00 bits per heavy atom. The van der Waals surface area contributed by atoms with E-state index in [1.807, 2.05) is 6.08 Å². The molecule has 1 N–H and O–H groups in total. The van der Waals surface area contributed by atoms with Crippen molar-refractivity contribution in [3.63, 3.8) is 0 Å². The predicted molar refractivity (Wildman–Crippen MR) is 90.4 cm³/mol. The van der Waals surface area contributed by atoms with Crippen molar-refractivity contribution in [1.82, 2.24) is 9.88 Å².